The Labute approximate surface area is 175 Å². The number of aryl methyl sites for hydroxylation is 1. The molecule has 2 atom stereocenters. The van der Waals surface area contributed by atoms with Crippen molar-refractivity contribution in [3.05, 3.63) is 29.8 Å². The molecule has 6 heteroatoms. The molecule has 2 heterocycles. The molecule has 2 saturated heterocycles. The summed E-state index contributed by atoms with van der Waals surface area (Å²) in [6.07, 6.45) is 4.39. The lowest BCUT2D eigenvalue weighted by Gasteiger charge is -2.39. The van der Waals surface area contributed by atoms with Gasteiger partial charge in [-0.2, -0.15) is 0 Å². The minimum atomic E-state index is 0.0800. The van der Waals surface area contributed by atoms with Crippen LogP contribution in [0.2, 0.25) is 0 Å². The first-order valence-electron chi connectivity index (χ1n) is 11.3. The van der Waals surface area contributed by atoms with Crippen LogP contribution in [0.3, 0.4) is 0 Å². The Bertz CT molecular complexity index is 690. The second kappa shape index (κ2) is 10.2. The number of hydrogen-bond donors (Lipinski definition) is 3. The van der Waals surface area contributed by atoms with Crippen molar-refractivity contribution in [3.8, 4) is 0 Å². The van der Waals surface area contributed by atoms with Crippen molar-refractivity contribution < 1.29 is 19.4 Å². The topological polar surface area (TPSA) is 58.3 Å². The molecule has 3 rings (SSSR count). The number of nitrogens with zero attached hydrogens (tertiary/aromatic N) is 1. The van der Waals surface area contributed by atoms with Gasteiger partial charge >= 0.3 is 0 Å². The van der Waals surface area contributed by atoms with Crippen molar-refractivity contribution in [3.63, 3.8) is 0 Å². The van der Waals surface area contributed by atoms with Crippen molar-refractivity contribution in [2.75, 3.05) is 44.6 Å². The summed E-state index contributed by atoms with van der Waals surface area (Å²) < 4.78 is 0. The standard InChI is InChI=1S/C23H36N4O2/c1-4-20-10-5-6-11-21(20)24-22(28)16-25-12-14-26(15-13-25)17-23(29)27-18(2)8-7-9-19(27)3/h5-6,10-11,18-19H,4,7-9,12-17H2,1-3H3,(H,24,28)/p+2/t18-,19+. The van der Waals surface area contributed by atoms with E-state index >= 15 is 0 Å². The maximum Gasteiger partial charge on any atom is 0.279 e. The van der Waals surface area contributed by atoms with Gasteiger partial charge in [0, 0.05) is 17.8 Å². The average molecular weight is 403 g/mol. The molecule has 0 aromatic heterocycles. The van der Waals surface area contributed by atoms with E-state index in [1.807, 2.05) is 18.2 Å². The zero-order valence-corrected chi connectivity index (χ0v) is 18.3. The quantitative estimate of drug-likeness (QED) is 0.615. The van der Waals surface area contributed by atoms with E-state index in [4.69, 9.17) is 0 Å². The molecule has 29 heavy (non-hydrogen) atoms. The normalized spacial score (nSPS) is 27.5. The third-order valence-corrected chi connectivity index (χ3v) is 6.63. The van der Waals surface area contributed by atoms with Crippen molar-refractivity contribution in [2.24, 2.45) is 0 Å². The molecule has 6 nitrogen and oxygen atoms in total. The van der Waals surface area contributed by atoms with E-state index < -0.39 is 0 Å². The summed E-state index contributed by atoms with van der Waals surface area (Å²) in [6.45, 7) is 11.4. The molecule has 0 radical (unpaired) electrons. The van der Waals surface area contributed by atoms with Gasteiger partial charge in [0.2, 0.25) is 0 Å². The van der Waals surface area contributed by atoms with Gasteiger partial charge in [0.1, 0.15) is 26.2 Å². The Morgan fingerprint density at radius 1 is 1.00 bits per heavy atom. The average Bonchev–Trinajstić information content (AvgIpc) is 2.69. The first-order chi connectivity index (χ1) is 14.0. The number of anilines is 1. The summed E-state index contributed by atoms with van der Waals surface area (Å²) in [4.78, 5) is 30.1. The van der Waals surface area contributed by atoms with Crippen molar-refractivity contribution in [1.29, 1.82) is 0 Å². The molecule has 0 unspecified atom stereocenters. The van der Waals surface area contributed by atoms with E-state index in [-0.39, 0.29) is 5.91 Å². The predicted octanol–water partition coefficient (Wildman–Crippen LogP) is -0.240. The molecule has 2 amide bonds. The summed E-state index contributed by atoms with van der Waals surface area (Å²) in [5, 5.41) is 3.08. The van der Waals surface area contributed by atoms with Gasteiger partial charge in [-0.25, -0.2) is 0 Å². The number of piperidine rings is 1. The summed E-state index contributed by atoms with van der Waals surface area (Å²) in [5.74, 6) is 0.383. The second-order valence-corrected chi connectivity index (χ2v) is 8.84. The predicted molar refractivity (Wildman–Crippen MR) is 115 cm³/mol. The number of amides is 2. The lowest BCUT2D eigenvalue weighted by atomic mass is 9.97. The Hall–Kier alpha value is -1.92. The number of quaternary nitrogens is 2. The Balaban J connectivity index is 1.43. The van der Waals surface area contributed by atoms with E-state index in [1.54, 1.807) is 0 Å². The largest absolute Gasteiger partial charge is 0.332 e. The van der Waals surface area contributed by atoms with Crippen LogP contribution in [0.25, 0.3) is 0 Å². The number of piperazine rings is 1. The van der Waals surface area contributed by atoms with Crippen LogP contribution in [0.5, 0.6) is 0 Å². The highest BCUT2D eigenvalue weighted by atomic mass is 16.2. The number of carbonyl (C=O) groups excluding carboxylic acids is 2. The summed E-state index contributed by atoms with van der Waals surface area (Å²) in [5.41, 5.74) is 2.10. The lowest BCUT2D eigenvalue weighted by Crippen LogP contribution is -3.28. The Kier molecular flexibility index (Phi) is 7.67. The van der Waals surface area contributed by atoms with Gasteiger partial charge in [0.25, 0.3) is 11.8 Å². The second-order valence-electron chi connectivity index (χ2n) is 8.84. The molecule has 0 bridgehead atoms. The smallest absolute Gasteiger partial charge is 0.279 e. The molecule has 2 aliphatic rings. The molecule has 2 aliphatic heterocycles. The Morgan fingerprint density at radius 3 is 2.21 bits per heavy atom. The fraction of sp³-hybridized carbons (Fsp3) is 0.652. The first kappa shape index (κ1) is 21.8. The summed E-state index contributed by atoms with van der Waals surface area (Å²) >= 11 is 0. The number of likely N-dealkylation sites (tertiary alicyclic amines) is 1. The molecule has 1 aromatic carbocycles. The maximum atomic E-state index is 12.8. The van der Waals surface area contributed by atoms with Crippen molar-refractivity contribution >= 4 is 17.5 Å². The number of nitrogens with one attached hydrogen (secondary N) is 3. The van der Waals surface area contributed by atoms with Crippen LogP contribution in [-0.2, 0) is 16.0 Å². The van der Waals surface area contributed by atoms with Crippen LogP contribution in [-0.4, -0.2) is 68.1 Å². The van der Waals surface area contributed by atoms with Gasteiger partial charge in [0.05, 0.1) is 0 Å². The fourth-order valence-electron chi connectivity index (χ4n) is 4.90. The van der Waals surface area contributed by atoms with E-state index in [9.17, 15) is 9.59 Å². The van der Waals surface area contributed by atoms with Crippen LogP contribution >= 0.6 is 0 Å². The molecular weight excluding hydrogens is 364 g/mol. The first-order valence-corrected chi connectivity index (χ1v) is 11.3. The van der Waals surface area contributed by atoms with Crippen LogP contribution < -0.4 is 15.1 Å². The van der Waals surface area contributed by atoms with E-state index in [2.05, 4.69) is 37.1 Å². The van der Waals surface area contributed by atoms with Gasteiger partial charge in [-0.1, -0.05) is 25.1 Å². The van der Waals surface area contributed by atoms with Gasteiger partial charge in [-0.15, -0.1) is 0 Å². The van der Waals surface area contributed by atoms with Crippen LogP contribution in [0.4, 0.5) is 5.69 Å². The van der Waals surface area contributed by atoms with Crippen molar-refractivity contribution in [2.45, 2.75) is 58.5 Å². The van der Waals surface area contributed by atoms with Gasteiger partial charge in [-0.3, -0.25) is 9.59 Å². The summed E-state index contributed by atoms with van der Waals surface area (Å²) in [7, 11) is 0. The minimum Gasteiger partial charge on any atom is -0.332 e. The third kappa shape index (κ3) is 5.80. The molecular formula is C23H38N4O2+2. The molecule has 0 aliphatic carbocycles. The van der Waals surface area contributed by atoms with E-state index in [0.29, 0.717) is 31.1 Å². The minimum absolute atomic E-state index is 0.0800. The molecule has 2 fully saturated rings. The van der Waals surface area contributed by atoms with Gasteiger partial charge in [0.15, 0.2) is 13.1 Å². The molecule has 0 spiro atoms. The fourth-order valence-corrected chi connectivity index (χ4v) is 4.90. The zero-order valence-electron chi connectivity index (χ0n) is 18.3. The van der Waals surface area contributed by atoms with Gasteiger partial charge in [-0.05, 0) is 51.2 Å². The number of carbonyl (C=O) groups is 2. The highest BCUT2D eigenvalue weighted by molar-refractivity contribution is 5.92. The number of hydrogen-bond acceptors (Lipinski definition) is 2. The lowest BCUT2D eigenvalue weighted by molar-refractivity contribution is -1.00. The van der Waals surface area contributed by atoms with Crippen molar-refractivity contribution in [1.82, 2.24) is 4.90 Å². The third-order valence-electron chi connectivity index (χ3n) is 6.63. The number of rotatable bonds is 6. The molecule has 160 valence electrons. The molecule has 3 N–H and O–H groups in total. The van der Waals surface area contributed by atoms with Crippen LogP contribution in [0.15, 0.2) is 24.3 Å². The van der Waals surface area contributed by atoms with E-state index in [0.717, 1.165) is 51.1 Å². The molecule has 0 saturated carbocycles. The Morgan fingerprint density at radius 2 is 1.59 bits per heavy atom. The monoisotopic (exact) mass is 402 g/mol. The summed E-state index contributed by atoms with van der Waals surface area (Å²) in [6, 6.07) is 8.74. The maximum absolute atomic E-state index is 12.8. The van der Waals surface area contributed by atoms with E-state index in [1.165, 1.54) is 21.8 Å². The number of benzene rings is 1. The van der Waals surface area contributed by atoms with Crippen LogP contribution in [0.1, 0.15) is 45.6 Å². The molecule has 1 aromatic rings. The highest BCUT2D eigenvalue weighted by Gasteiger charge is 2.33. The number of para-hydroxylation sites is 1. The SMILES string of the molecule is CCc1ccccc1NC(=O)C[NH+]1CC[NH+](CC(=O)N2[C@H](C)CCC[C@@H]2C)CC1. The highest BCUT2D eigenvalue weighted by Crippen LogP contribution is 2.22. The van der Waals surface area contributed by atoms with Gasteiger partial charge < -0.3 is 20.0 Å². The zero-order chi connectivity index (χ0) is 20.8. The van der Waals surface area contributed by atoms with Crippen LogP contribution in [0, 0.1) is 0 Å².